The first-order valence-corrected chi connectivity index (χ1v) is 8.04. The number of hydrogen-bond donors (Lipinski definition) is 2. The SMILES string of the molecule is CCn1cc(NC(=O)Nc2cc(OC)ccc2OC)c2ccccc21. The van der Waals surface area contributed by atoms with Crippen LogP contribution in [-0.2, 0) is 6.54 Å². The fourth-order valence-corrected chi connectivity index (χ4v) is 2.80. The van der Waals surface area contributed by atoms with E-state index in [1.54, 1.807) is 32.4 Å². The molecule has 0 radical (unpaired) electrons. The molecule has 0 aliphatic carbocycles. The van der Waals surface area contributed by atoms with E-state index in [-0.39, 0.29) is 6.03 Å². The van der Waals surface area contributed by atoms with Crippen LogP contribution < -0.4 is 20.1 Å². The molecule has 1 aromatic heterocycles. The number of nitrogens with one attached hydrogen (secondary N) is 2. The molecule has 0 fully saturated rings. The summed E-state index contributed by atoms with van der Waals surface area (Å²) in [5.41, 5.74) is 2.38. The number of nitrogens with zero attached hydrogens (tertiary/aromatic N) is 1. The molecule has 0 spiro atoms. The third-order valence-electron chi connectivity index (χ3n) is 4.03. The van der Waals surface area contributed by atoms with Gasteiger partial charge in [0.15, 0.2) is 0 Å². The largest absolute Gasteiger partial charge is 0.497 e. The zero-order valence-electron chi connectivity index (χ0n) is 14.5. The summed E-state index contributed by atoms with van der Waals surface area (Å²) in [4.78, 5) is 12.5. The van der Waals surface area contributed by atoms with Crippen LogP contribution in [-0.4, -0.2) is 24.8 Å². The van der Waals surface area contributed by atoms with Gasteiger partial charge >= 0.3 is 6.03 Å². The minimum Gasteiger partial charge on any atom is -0.497 e. The second kappa shape index (κ2) is 7.17. The molecule has 2 N–H and O–H groups in total. The summed E-state index contributed by atoms with van der Waals surface area (Å²) in [6, 6.07) is 12.9. The van der Waals surface area contributed by atoms with E-state index in [0.29, 0.717) is 17.2 Å². The Morgan fingerprint density at radius 3 is 2.52 bits per heavy atom. The average Bonchev–Trinajstić information content (AvgIpc) is 2.99. The zero-order chi connectivity index (χ0) is 17.8. The van der Waals surface area contributed by atoms with E-state index >= 15 is 0 Å². The third kappa shape index (κ3) is 3.38. The lowest BCUT2D eigenvalue weighted by Gasteiger charge is -2.12. The summed E-state index contributed by atoms with van der Waals surface area (Å²) in [7, 11) is 3.13. The molecule has 0 atom stereocenters. The van der Waals surface area contributed by atoms with Gasteiger partial charge in [-0.2, -0.15) is 0 Å². The summed E-state index contributed by atoms with van der Waals surface area (Å²) >= 11 is 0. The fourth-order valence-electron chi connectivity index (χ4n) is 2.80. The van der Waals surface area contributed by atoms with Crippen molar-refractivity contribution in [3.63, 3.8) is 0 Å². The third-order valence-corrected chi connectivity index (χ3v) is 4.03. The number of carbonyl (C=O) groups excluding carboxylic acids is 1. The number of fused-ring (bicyclic) bond motifs is 1. The van der Waals surface area contributed by atoms with Crippen LogP contribution in [0.3, 0.4) is 0 Å². The standard InChI is InChI=1S/C19H21N3O3/c1-4-22-12-16(14-7-5-6-8-17(14)22)21-19(23)20-15-11-13(24-2)9-10-18(15)25-3/h5-12H,4H2,1-3H3,(H2,20,21,23). The summed E-state index contributed by atoms with van der Waals surface area (Å²) in [6.07, 6.45) is 1.94. The maximum atomic E-state index is 12.5. The molecule has 0 aliphatic rings. The molecule has 0 saturated carbocycles. The second-order valence-corrected chi connectivity index (χ2v) is 5.49. The van der Waals surface area contributed by atoms with Gasteiger partial charge < -0.3 is 24.7 Å². The Morgan fingerprint density at radius 2 is 1.80 bits per heavy atom. The van der Waals surface area contributed by atoms with Crippen LogP contribution in [0, 0.1) is 0 Å². The van der Waals surface area contributed by atoms with Crippen molar-refractivity contribution in [2.75, 3.05) is 24.9 Å². The van der Waals surface area contributed by atoms with Gasteiger partial charge in [-0.25, -0.2) is 4.79 Å². The number of hydrogen-bond acceptors (Lipinski definition) is 3. The molecule has 25 heavy (non-hydrogen) atoms. The van der Waals surface area contributed by atoms with Crippen LogP contribution in [0.2, 0.25) is 0 Å². The van der Waals surface area contributed by atoms with Crippen LogP contribution in [0.4, 0.5) is 16.2 Å². The highest BCUT2D eigenvalue weighted by Crippen LogP contribution is 2.30. The minimum atomic E-state index is -0.342. The van der Waals surface area contributed by atoms with E-state index in [2.05, 4.69) is 22.1 Å². The van der Waals surface area contributed by atoms with Gasteiger partial charge in [0, 0.05) is 24.2 Å². The summed E-state index contributed by atoms with van der Waals surface area (Å²) in [5.74, 6) is 1.20. The van der Waals surface area contributed by atoms with E-state index in [0.717, 1.165) is 23.1 Å². The van der Waals surface area contributed by atoms with E-state index in [1.807, 2.05) is 30.5 Å². The zero-order valence-corrected chi connectivity index (χ0v) is 14.5. The molecule has 0 unspecified atom stereocenters. The molecule has 0 bridgehead atoms. The minimum absolute atomic E-state index is 0.342. The number of methoxy groups -OCH3 is 2. The van der Waals surface area contributed by atoms with Crippen LogP contribution in [0.1, 0.15) is 6.92 Å². The maximum absolute atomic E-state index is 12.5. The molecule has 130 valence electrons. The van der Waals surface area contributed by atoms with E-state index < -0.39 is 0 Å². The average molecular weight is 339 g/mol. The predicted molar refractivity (Wildman–Crippen MR) is 99.8 cm³/mol. The highest BCUT2D eigenvalue weighted by Gasteiger charge is 2.12. The normalized spacial score (nSPS) is 10.5. The second-order valence-electron chi connectivity index (χ2n) is 5.49. The number of para-hydroxylation sites is 1. The van der Waals surface area contributed by atoms with Gasteiger partial charge in [0.25, 0.3) is 0 Å². The molecular formula is C19H21N3O3. The maximum Gasteiger partial charge on any atom is 0.323 e. The van der Waals surface area contributed by atoms with Gasteiger partial charge in [-0.1, -0.05) is 18.2 Å². The van der Waals surface area contributed by atoms with Crippen LogP contribution in [0.15, 0.2) is 48.7 Å². The molecule has 2 aromatic carbocycles. The van der Waals surface area contributed by atoms with Gasteiger partial charge in [-0.05, 0) is 25.1 Å². The van der Waals surface area contributed by atoms with Gasteiger partial charge in [0.1, 0.15) is 11.5 Å². The van der Waals surface area contributed by atoms with Crippen molar-refractivity contribution >= 4 is 28.3 Å². The van der Waals surface area contributed by atoms with Crippen molar-refractivity contribution in [2.45, 2.75) is 13.5 Å². The lowest BCUT2D eigenvalue weighted by molar-refractivity contribution is 0.262. The molecule has 3 rings (SSSR count). The first-order chi connectivity index (χ1) is 12.2. The van der Waals surface area contributed by atoms with Crippen molar-refractivity contribution in [3.05, 3.63) is 48.7 Å². The quantitative estimate of drug-likeness (QED) is 0.727. The first-order valence-electron chi connectivity index (χ1n) is 8.04. The molecule has 3 aromatic rings. The Labute approximate surface area is 146 Å². The number of aromatic nitrogens is 1. The monoisotopic (exact) mass is 339 g/mol. The lowest BCUT2D eigenvalue weighted by atomic mass is 10.2. The van der Waals surface area contributed by atoms with Gasteiger partial charge in [-0.15, -0.1) is 0 Å². The highest BCUT2D eigenvalue weighted by molar-refractivity contribution is 6.06. The summed E-state index contributed by atoms with van der Waals surface area (Å²) in [5, 5.41) is 6.72. The summed E-state index contributed by atoms with van der Waals surface area (Å²) in [6.45, 7) is 2.89. The topological polar surface area (TPSA) is 64.5 Å². The highest BCUT2D eigenvalue weighted by atomic mass is 16.5. The molecule has 6 nitrogen and oxygen atoms in total. The van der Waals surface area contributed by atoms with Crippen molar-refractivity contribution in [2.24, 2.45) is 0 Å². The molecule has 6 heteroatoms. The van der Waals surface area contributed by atoms with Crippen LogP contribution in [0.5, 0.6) is 11.5 Å². The number of aryl methyl sites for hydroxylation is 1. The van der Waals surface area contributed by atoms with Crippen molar-refractivity contribution in [3.8, 4) is 11.5 Å². The fraction of sp³-hybridized carbons (Fsp3) is 0.211. The predicted octanol–water partition coefficient (Wildman–Crippen LogP) is 4.32. The van der Waals surface area contributed by atoms with E-state index in [9.17, 15) is 4.79 Å². The van der Waals surface area contributed by atoms with Crippen molar-refractivity contribution in [1.29, 1.82) is 0 Å². The number of amides is 2. The smallest absolute Gasteiger partial charge is 0.323 e. The summed E-state index contributed by atoms with van der Waals surface area (Å²) < 4.78 is 12.6. The molecule has 1 heterocycles. The van der Waals surface area contributed by atoms with E-state index in [4.69, 9.17) is 9.47 Å². The lowest BCUT2D eigenvalue weighted by Crippen LogP contribution is -2.19. The van der Waals surface area contributed by atoms with Crippen molar-refractivity contribution < 1.29 is 14.3 Å². The van der Waals surface area contributed by atoms with Crippen LogP contribution in [0.25, 0.3) is 10.9 Å². The van der Waals surface area contributed by atoms with Gasteiger partial charge in [0.05, 0.1) is 31.1 Å². The van der Waals surface area contributed by atoms with Gasteiger partial charge in [0.2, 0.25) is 0 Å². The van der Waals surface area contributed by atoms with Gasteiger partial charge in [-0.3, -0.25) is 0 Å². The molecule has 0 aliphatic heterocycles. The van der Waals surface area contributed by atoms with E-state index in [1.165, 1.54) is 0 Å². The Balaban J connectivity index is 1.84. The Hall–Kier alpha value is -3.15. The molecular weight excluding hydrogens is 318 g/mol. The Bertz CT molecular complexity index is 902. The molecule has 2 amide bonds. The number of benzene rings is 2. The number of carbonyl (C=O) groups is 1. The number of ether oxygens (including phenoxy) is 2. The Morgan fingerprint density at radius 1 is 1.04 bits per heavy atom. The molecule has 0 saturated heterocycles. The van der Waals surface area contributed by atoms with Crippen molar-refractivity contribution in [1.82, 2.24) is 4.57 Å². The number of anilines is 2. The first kappa shape index (κ1) is 16.7. The van der Waals surface area contributed by atoms with Crippen LogP contribution >= 0.6 is 0 Å². The number of urea groups is 1. The Kier molecular flexibility index (Phi) is 4.79. The number of rotatable bonds is 5.